The molecule has 0 amide bonds. The highest BCUT2D eigenvalue weighted by Crippen LogP contribution is 2.27. The molecule has 1 N–H and O–H groups in total. The van der Waals surface area contributed by atoms with Gasteiger partial charge in [0.1, 0.15) is 11.6 Å². The van der Waals surface area contributed by atoms with Gasteiger partial charge in [0.05, 0.1) is 10.6 Å². The van der Waals surface area contributed by atoms with Crippen LogP contribution in [-0.2, 0) is 10.0 Å². The summed E-state index contributed by atoms with van der Waals surface area (Å²) in [5.74, 6) is -1.20. The number of hydrogen-bond acceptors (Lipinski definition) is 2. The third-order valence-corrected chi connectivity index (χ3v) is 4.66. The number of nitrogens with one attached hydrogen (secondary N) is 1. The van der Waals surface area contributed by atoms with Crippen molar-refractivity contribution in [3.8, 4) is 0 Å². The molecule has 0 spiro atoms. The van der Waals surface area contributed by atoms with Gasteiger partial charge in [-0.05, 0) is 24.3 Å². The van der Waals surface area contributed by atoms with Crippen molar-refractivity contribution in [2.24, 2.45) is 0 Å². The summed E-state index contributed by atoms with van der Waals surface area (Å²) in [6.45, 7) is 0. The van der Waals surface area contributed by atoms with Gasteiger partial charge in [-0.25, -0.2) is 17.2 Å². The van der Waals surface area contributed by atoms with Gasteiger partial charge in [-0.15, -0.1) is 12.4 Å². The number of anilines is 1. The van der Waals surface area contributed by atoms with Crippen molar-refractivity contribution in [2.75, 3.05) is 4.72 Å². The average Bonchev–Trinajstić information content (AvgIpc) is 2.50. The van der Waals surface area contributed by atoms with Gasteiger partial charge < -0.3 is 0 Å². The van der Waals surface area contributed by atoms with Crippen LogP contribution < -0.4 is 4.72 Å². The molecule has 3 rings (SSSR count). The summed E-state index contributed by atoms with van der Waals surface area (Å²) >= 11 is 0. The minimum atomic E-state index is -4.04. The van der Waals surface area contributed by atoms with Crippen molar-refractivity contribution in [3.63, 3.8) is 0 Å². The van der Waals surface area contributed by atoms with Crippen LogP contribution in [0.25, 0.3) is 10.8 Å². The predicted molar refractivity (Wildman–Crippen MR) is 88.4 cm³/mol. The van der Waals surface area contributed by atoms with Crippen LogP contribution in [-0.4, -0.2) is 8.42 Å². The number of halogens is 3. The Morgan fingerprint density at radius 1 is 0.739 bits per heavy atom. The van der Waals surface area contributed by atoms with Crippen molar-refractivity contribution in [1.82, 2.24) is 0 Å². The average molecular weight is 356 g/mol. The Bertz CT molecular complexity index is 961. The summed E-state index contributed by atoms with van der Waals surface area (Å²) < 4.78 is 54.5. The molecule has 0 aromatic heterocycles. The van der Waals surface area contributed by atoms with Gasteiger partial charge in [0.25, 0.3) is 10.0 Å². The first kappa shape index (κ1) is 17.2. The molecule has 0 heterocycles. The van der Waals surface area contributed by atoms with Crippen LogP contribution in [0.15, 0.2) is 65.6 Å². The molecule has 0 aliphatic rings. The standard InChI is InChI=1S/C16H11F2NO2S.ClH/c17-13-9-10-16(12-6-2-1-5-11(12)13)22(20,21)19-15-8-4-3-7-14(15)18;/h1-10,19H;1H. The minimum absolute atomic E-state index is 0. The molecule has 0 saturated carbocycles. The van der Waals surface area contributed by atoms with Crippen LogP contribution in [0.4, 0.5) is 14.5 Å². The molecule has 3 aromatic rings. The molecule has 120 valence electrons. The Morgan fingerprint density at radius 2 is 1.35 bits per heavy atom. The fraction of sp³-hybridized carbons (Fsp3) is 0. The fourth-order valence-corrected chi connectivity index (χ4v) is 3.49. The van der Waals surface area contributed by atoms with Crippen molar-refractivity contribution in [2.45, 2.75) is 4.90 Å². The molecule has 0 bridgehead atoms. The summed E-state index contributed by atoms with van der Waals surface area (Å²) in [6, 6.07) is 13.9. The van der Waals surface area contributed by atoms with Gasteiger partial charge in [0.15, 0.2) is 0 Å². The topological polar surface area (TPSA) is 46.2 Å². The number of sulfonamides is 1. The highest BCUT2D eigenvalue weighted by atomic mass is 35.5. The van der Waals surface area contributed by atoms with E-state index in [9.17, 15) is 17.2 Å². The normalized spacial score (nSPS) is 11.0. The first-order valence-corrected chi connectivity index (χ1v) is 7.92. The SMILES string of the molecule is Cl.O=S(=O)(Nc1ccccc1F)c1ccc(F)c2ccccc12. The molecule has 0 saturated heterocycles. The Labute approximate surface area is 138 Å². The third-order valence-electron chi connectivity index (χ3n) is 3.24. The molecule has 7 heteroatoms. The molecule has 23 heavy (non-hydrogen) atoms. The second-order valence-corrected chi connectivity index (χ2v) is 6.33. The van der Waals surface area contributed by atoms with Crippen molar-refractivity contribution in [3.05, 3.63) is 72.3 Å². The Kier molecular flexibility index (Phi) is 4.87. The lowest BCUT2D eigenvalue weighted by Crippen LogP contribution is -2.14. The van der Waals surface area contributed by atoms with E-state index < -0.39 is 21.7 Å². The van der Waals surface area contributed by atoms with Crippen LogP contribution in [0, 0.1) is 11.6 Å². The highest BCUT2D eigenvalue weighted by molar-refractivity contribution is 7.93. The van der Waals surface area contributed by atoms with E-state index in [1.165, 1.54) is 36.4 Å². The predicted octanol–water partition coefficient (Wildman–Crippen LogP) is 4.34. The van der Waals surface area contributed by atoms with Crippen LogP contribution in [0.5, 0.6) is 0 Å². The lowest BCUT2D eigenvalue weighted by molar-refractivity contribution is 0.599. The van der Waals surface area contributed by atoms with Gasteiger partial charge >= 0.3 is 0 Å². The summed E-state index contributed by atoms with van der Waals surface area (Å²) in [4.78, 5) is -0.104. The molecule has 0 aliphatic carbocycles. The monoisotopic (exact) mass is 355 g/mol. The molecule has 0 unspecified atom stereocenters. The Morgan fingerprint density at radius 3 is 2.04 bits per heavy atom. The molecular weight excluding hydrogens is 344 g/mol. The molecule has 0 aliphatic heterocycles. The van der Waals surface area contributed by atoms with Gasteiger partial charge in [0, 0.05) is 10.8 Å². The van der Waals surface area contributed by atoms with E-state index in [-0.39, 0.29) is 33.8 Å². The maximum absolute atomic E-state index is 13.8. The first-order valence-electron chi connectivity index (χ1n) is 6.43. The number of hydrogen-bond donors (Lipinski definition) is 1. The summed E-state index contributed by atoms with van der Waals surface area (Å²) in [5, 5.41) is 0.435. The quantitative estimate of drug-likeness (QED) is 0.759. The summed E-state index contributed by atoms with van der Waals surface area (Å²) in [5.41, 5.74) is -0.157. The smallest absolute Gasteiger partial charge is 0.262 e. The molecule has 0 fully saturated rings. The molecule has 3 nitrogen and oxygen atoms in total. The second kappa shape index (κ2) is 6.52. The van der Waals surface area contributed by atoms with Gasteiger partial charge in [-0.1, -0.05) is 36.4 Å². The highest BCUT2D eigenvalue weighted by Gasteiger charge is 2.20. The van der Waals surface area contributed by atoms with Crippen LogP contribution in [0.2, 0.25) is 0 Å². The van der Waals surface area contributed by atoms with E-state index in [0.29, 0.717) is 0 Å². The van der Waals surface area contributed by atoms with Gasteiger partial charge in [0.2, 0.25) is 0 Å². The molecule has 0 radical (unpaired) electrons. The van der Waals surface area contributed by atoms with E-state index in [0.717, 1.165) is 12.1 Å². The Balaban J connectivity index is 0.00000192. The zero-order chi connectivity index (χ0) is 15.7. The lowest BCUT2D eigenvalue weighted by atomic mass is 10.1. The number of para-hydroxylation sites is 1. The summed E-state index contributed by atoms with van der Waals surface area (Å²) in [7, 11) is -4.04. The third kappa shape index (κ3) is 3.28. The lowest BCUT2D eigenvalue weighted by Gasteiger charge is -2.11. The molecule has 3 aromatic carbocycles. The van der Waals surface area contributed by atoms with E-state index >= 15 is 0 Å². The largest absolute Gasteiger partial charge is 0.277 e. The number of rotatable bonds is 3. The van der Waals surface area contributed by atoms with Gasteiger partial charge in [-0.3, -0.25) is 4.72 Å². The number of benzene rings is 3. The van der Waals surface area contributed by atoms with E-state index in [1.807, 2.05) is 0 Å². The van der Waals surface area contributed by atoms with Crippen molar-refractivity contribution >= 4 is 38.9 Å². The first-order chi connectivity index (χ1) is 10.5. The molecule has 0 atom stereocenters. The Hall–Kier alpha value is -2.18. The van der Waals surface area contributed by atoms with Crippen molar-refractivity contribution in [1.29, 1.82) is 0 Å². The van der Waals surface area contributed by atoms with Crippen molar-refractivity contribution < 1.29 is 17.2 Å². The van der Waals surface area contributed by atoms with Crippen LogP contribution in [0.3, 0.4) is 0 Å². The molecular formula is C16H12ClF2NO2S. The minimum Gasteiger partial charge on any atom is -0.277 e. The zero-order valence-electron chi connectivity index (χ0n) is 11.7. The van der Waals surface area contributed by atoms with Crippen LogP contribution in [0.1, 0.15) is 0 Å². The second-order valence-electron chi connectivity index (χ2n) is 4.68. The summed E-state index contributed by atoms with van der Waals surface area (Å²) in [6.07, 6.45) is 0. The zero-order valence-corrected chi connectivity index (χ0v) is 13.3. The maximum Gasteiger partial charge on any atom is 0.262 e. The fourth-order valence-electron chi connectivity index (χ4n) is 2.21. The van der Waals surface area contributed by atoms with Crippen LogP contribution >= 0.6 is 12.4 Å². The van der Waals surface area contributed by atoms with E-state index in [4.69, 9.17) is 0 Å². The van der Waals surface area contributed by atoms with E-state index in [1.54, 1.807) is 12.1 Å². The maximum atomic E-state index is 13.8. The van der Waals surface area contributed by atoms with Gasteiger partial charge in [-0.2, -0.15) is 0 Å². The van der Waals surface area contributed by atoms with E-state index in [2.05, 4.69) is 4.72 Å². The number of fused-ring (bicyclic) bond motifs is 1.